The molecule has 0 spiro atoms. The number of hydrogen-bond acceptors (Lipinski definition) is 9. The van der Waals surface area contributed by atoms with Crippen molar-refractivity contribution in [3.05, 3.63) is 28.8 Å². The summed E-state index contributed by atoms with van der Waals surface area (Å²) in [5, 5.41) is 48.7. The number of phenolic OH excluding ortho intramolecular Hbond substituents is 1. The Hall–Kier alpha value is -1.75. The van der Waals surface area contributed by atoms with Crippen molar-refractivity contribution < 1.29 is 44.5 Å². The molecular weight excluding hydrogens is 348 g/mol. The first-order valence-electron chi connectivity index (χ1n) is 8.30. The molecule has 1 aromatic rings. The van der Waals surface area contributed by atoms with Gasteiger partial charge in [0.1, 0.15) is 41.8 Å². The largest absolute Gasteiger partial charge is 0.507 e. The molecule has 9 heteroatoms. The van der Waals surface area contributed by atoms with Crippen LogP contribution in [0.3, 0.4) is 0 Å². The Labute approximate surface area is 149 Å². The van der Waals surface area contributed by atoms with Gasteiger partial charge < -0.3 is 39.7 Å². The van der Waals surface area contributed by atoms with Crippen LogP contribution >= 0.6 is 0 Å². The lowest BCUT2D eigenvalue weighted by Gasteiger charge is -2.39. The van der Waals surface area contributed by atoms with E-state index in [0.29, 0.717) is 17.5 Å². The van der Waals surface area contributed by atoms with Crippen LogP contribution in [-0.4, -0.2) is 74.9 Å². The third-order valence-electron chi connectivity index (χ3n) is 4.64. The van der Waals surface area contributed by atoms with Gasteiger partial charge in [-0.05, 0) is 24.1 Å². The number of carbonyl (C=O) groups excluding carboxylic acids is 1. The first-order chi connectivity index (χ1) is 12.3. The molecule has 1 saturated heterocycles. The molecule has 3 rings (SSSR count). The van der Waals surface area contributed by atoms with Gasteiger partial charge in [-0.15, -0.1) is 0 Å². The minimum Gasteiger partial charge on any atom is -0.507 e. The van der Waals surface area contributed by atoms with Crippen molar-refractivity contribution in [2.45, 2.75) is 56.8 Å². The smallest absolute Gasteiger partial charge is 0.342 e. The molecule has 26 heavy (non-hydrogen) atoms. The highest BCUT2D eigenvalue weighted by atomic mass is 16.7. The zero-order valence-corrected chi connectivity index (χ0v) is 14.1. The van der Waals surface area contributed by atoms with Gasteiger partial charge in [-0.1, -0.05) is 6.07 Å². The van der Waals surface area contributed by atoms with Crippen molar-refractivity contribution in [3.63, 3.8) is 0 Å². The van der Waals surface area contributed by atoms with E-state index in [1.54, 1.807) is 13.0 Å². The second-order valence-electron chi connectivity index (χ2n) is 6.53. The number of benzene rings is 1. The molecule has 5 N–H and O–H groups in total. The highest BCUT2D eigenvalue weighted by Crippen LogP contribution is 2.32. The van der Waals surface area contributed by atoms with Crippen molar-refractivity contribution in [2.24, 2.45) is 0 Å². The Morgan fingerprint density at radius 3 is 2.62 bits per heavy atom. The molecule has 0 bridgehead atoms. The Bertz CT molecular complexity index is 674. The molecule has 9 nitrogen and oxygen atoms in total. The van der Waals surface area contributed by atoms with E-state index in [4.69, 9.17) is 14.2 Å². The fourth-order valence-corrected chi connectivity index (χ4v) is 3.22. The van der Waals surface area contributed by atoms with E-state index in [-0.39, 0.29) is 24.0 Å². The topological polar surface area (TPSA) is 146 Å². The van der Waals surface area contributed by atoms with Crippen molar-refractivity contribution in [3.8, 4) is 5.75 Å². The van der Waals surface area contributed by atoms with Gasteiger partial charge in [0, 0.05) is 6.42 Å². The van der Waals surface area contributed by atoms with Crippen LogP contribution in [0.5, 0.6) is 5.75 Å². The van der Waals surface area contributed by atoms with Crippen LogP contribution in [0.25, 0.3) is 0 Å². The lowest BCUT2D eigenvalue weighted by Crippen LogP contribution is -2.59. The number of hydrogen-bond donors (Lipinski definition) is 5. The van der Waals surface area contributed by atoms with E-state index in [0.717, 1.165) is 0 Å². The van der Waals surface area contributed by atoms with Crippen LogP contribution in [0.15, 0.2) is 12.1 Å². The summed E-state index contributed by atoms with van der Waals surface area (Å²) in [5.74, 6) is -0.806. The molecule has 0 aromatic heterocycles. The summed E-state index contributed by atoms with van der Waals surface area (Å²) in [5.41, 5.74) is 1.26. The number of aromatic hydroxyl groups is 1. The molecule has 0 saturated carbocycles. The molecule has 2 heterocycles. The summed E-state index contributed by atoms with van der Waals surface area (Å²) in [7, 11) is 0. The molecular formula is C17H22O9. The van der Waals surface area contributed by atoms with Crippen molar-refractivity contribution in [2.75, 3.05) is 6.61 Å². The molecule has 144 valence electrons. The van der Waals surface area contributed by atoms with E-state index in [1.165, 1.54) is 6.07 Å². The molecule has 1 fully saturated rings. The molecule has 0 aliphatic carbocycles. The molecule has 6 atom stereocenters. The van der Waals surface area contributed by atoms with Crippen LogP contribution < -0.4 is 0 Å². The van der Waals surface area contributed by atoms with Crippen LogP contribution in [0.4, 0.5) is 0 Å². The van der Waals surface area contributed by atoms with Crippen molar-refractivity contribution in [1.29, 1.82) is 0 Å². The highest BCUT2D eigenvalue weighted by Gasteiger charge is 2.44. The first-order valence-corrected chi connectivity index (χ1v) is 8.30. The molecule has 0 radical (unpaired) electrons. The Morgan fingerprint density at radius 1 is 1.19 bits per heavy atom. The van der Waals surface area contributed by atoms with E-state index < -0.39 is 43.3 Å². The second kappa shape index (κ2) is 7.47. The number of fused-ring (bicyclic) bond motifs is 1. The minimum absolute atomic E-state index is 0.0781. The average molecular weight is 370 g/mol. The standard InChI is InChI=1S/C17H22O9/c1-7-4-9-8(2-3-10(19)12(9)16(23)25-7)6-24-17-15(22)14(21)13(20)11(5-18)26-17/h2-3,7,11,13-15,17-22H,4-6H2,1H3. The van der Waals surface area contributed by atoms with Crippen LogP contribution in [0, 0.1) is 0 Å². The maximum absolute atomic E-state index is 12.0. The van der Waals surface area contributed by atoms with Gasteiger partial charge >= 0.3 is 5.97 Å². The lowest BCUT2D eigenvalue weighted by atomic mass is 9.93. The third-order valence-corrected chi connectivity index (χ3v) is 4.64. The number of aliphatic hydroxyl groups excluding tert-OH is 4. The molecule has 6 unspecified atom stereocenters. The van der Waals surface area contributed by atoms with E-state index >= 15 is 0 Å². The summed E-state index contributed by atoms with van der Waals surface area (Å²) in [6.07, 6.45) is -6.82. The minimum atomic E-state index is -1.53. The van der Waals surface area contributed by atoms with Crippen molar-refractivity contribution >= 4 is 5.97 Å². The number of ether oxygens (including phenoxy) is 3. The van der Waals surface area contributed by atoms with Crippen LogP contribution in [0.2, 0.25) is 0 Å². The quantitative estimate of drug-likeness (QED) is 0.413. The number of esters is 1. The molecule has 2 aliphatic heterocycles. The highest BCUT2D eigenvalue weighted by molar-refractivity contribution is 5.95. The predicted molar refractivity (Wildman–Crippen MR) is 85.2 cm³/mol. The fraction of sp³-hybridized carbons (Fsp3) is 0.588. The number of cyclic esters (lactones) is 1. The number of carbonyl (C=O) groups is 1. The number of aliphatic hydroxyl groups is 4. The maximum atomic E-state index is 12.0. The van der Waals surface area contributed by atoms with Gasteiger partial charge in [-0.25, -0.2) is 4.79 Å². The van der Waals surface area contributed by atoms with E-state index in [9.17, 15) is 30.3 Å². The average Bonchev–Trinajstić information content (AvgIpc) is 2.60. The van der Waals surface area contributed by atoms with Crippen LogP contribution in [-0.2, 0) is 27.2 Å². The molecule has 0 amide bonds. The summed E-state index contributed by atoms with van der Waals surface area (Å²) in [6.45, 7) is 1.10. The number of phenols is 1. The predicted octanol–water partition coefficient (Wildman–Crippen LogP) is -1.19. The van der Waals surface area contributed by atoms with Crippen LogP contribution in [0.1, 0.15) is 28.4 Å². The number of rotatable bonds is 4. The molecule has 2 aliphatic rings. The summed E-state index contributed by atoms with van der Waals surface area (Å²) in [6, 6.07) is 2.94. The fourth-order valence-electron chi connectivity index (χ4n) is 3.22. The maximum Gasteiger partial charge on any atom is 0.342 e. The van der Waals surface area contributed by atoms with Crippen molar-refractivity contribution in [1.82, 2.24) is 0 Å². The van der Waals surface area contributed by atoms with Gasteiger partial charge in [0.15, 0.2) is 6.29 Å². The third kappa shape index (κ3) is 3.41. The Morgan fingerprint density at radius 2 is 1.92 bits per heavy atom. The van der Waals surface area contributed by atoms with Gasteiger partial charge in [0.2, 0.25) is 0 Å². The SMILES string of the molecule is CC1Cc2c(COC3OC(CO)C(O)C(O)C3O)ccc(O)c2C(=O)O1. The van der Waals surface area contributed by atoms with E-state index in [1.807, 2.05) is 0 Å². The monoisotopic (exact) mass is 370 g/mol. The summed E-state index contributed by atoms with van der Waals surface area (Å²) in [4.78, 5) is 12.0. The zero-order chi connectivity index (χ0) is 19.0. The summed E-state index contributed by atoms with van der Waals surface area (Å²) < 4.78 is 15.9. The Kier molecular flexibility index (Phi) is 5.47. The second-order valence-corrected chi connectivity index (χ2v) is 6.53. The zero-order valence-electron chi connectivity index (χ0n) is 14.1. The Balaban J connectivity index is 1.78. The van der Waals surface area contributed by atoms with E-state index in [2.05, 4.69) is 0 Å². The molecule has 1 aromatic carbocycles. The van der Waals surface area contributed by atoms with Gasteiger partial charge in [-0.2, -0.15) is 0 Å². The summed E-state index contributed by atoms with van der Waals surface area (Å²) >= 11 is 0. The lowest BCUT2D eigenvalue weighted by molar-refractivity contribution is -0.304. The first kappa shape index (κ1) is 19.0. The normalized spacial score (nSPS) is 34.3. The van der Waals surface area contributed by atoms with Gasteiger partial charge in [0.25, 0.3) is 0 Å². The van der Waals surface area contributed by atoms with Gasteiger partial charge in [0.05, 0.1) is 13.2 Å². The van der Waals surface area contributed by atoms with Gasteiger partial charge in [-0.3, -0.25) is 0 Å².